The van der Waals surface area contributed by atoms with Crippen molar-refractivity contribution in [3.63, 3.8) is 0 Å². The minimum atomic E-state index is -0.819. The molecule has 2 aliphatic heterocycles. The van der Waals surface area contributed by atoms with E-state index in [0.29, 0.717) is 56.3 Å². The Hall–Kier alpha value is -3.31. The summed E-state index contributed by atoms with van der Waals surface area (Å²) in [6.07, 6.45) is 8.35. The quantitative estimate of drug-likeness (QED) is 0.173. The molecule has 10 nitrogen and oxygen atoms in total. The number of anilines is 1. The number of aliphatic hydroxyl groups excluding tert-OH is 1. The molecule has 0 radical (unpaired) electrons. The molecule has 0 aromatic heterocycles. The van der Waals surface area contributed by atoms with Gasteiger partial charge in [0, 0.05) is 48.6 Å². The molecule has 2 amide bonds. The number of aliphatic hydroxyl groups is 1. The molecule has 4 N–H and O–H groups in total. The van der Waals surface area contributed by atoms with Crippen LogP contribution in [-0.2, 0) is 30.5 Å². The number of piperidine rings is 1. The number of nitrogens with one attached hydrogen (secondary N) is 2. The number of aliphatic carboxylic acids is 1. The van der Waals surface area contributed by atoms with E-state index in [9.17, 15) is 19.5 Å². The number of ether oxygens (including phenoxy) is 2. The smallest absolute Gasteiger partial charge is 0.303 e. The van der Waals surface area contributed by atoms with Gasteiger partial charge in [-0.25, -0.2) is 0 Å². The van der Waals surface area contributed by atoms with E-state index >= 15 is 0 Å². The fourth-order valence-electron chi connectivity index (χ4n) is 7.72. The van der Waals surface area contributed by atoms with Crippen molar-refractivity contribution in [2.45, 2.75) is 141 Å². The van der Waals surface area contributed by atoms with Crippen molar-refractivity contribution in [3.05, 3.63) is 65.2 Å². The summed E-state index contributed by atoms with van der Waals surface area (Å²) in [6, 6.07) is 15.5. The molecule has 2 saturated heterocycles. The van der Waals surface area contributed by atoms with Crippen molar-refractivity contribution in [3.8, 4) is 0 Å². The van der Waals surface area contributed by atoms with Crippen molar-refractivity contribution in [1.82, 2.24) is 10.2 Å². The van der Waals surface area contributed by atoms with Crippen molar-refractivity contribution in [2.24, 2.45) is 5.92 Å². The number of amides is 2. The molecular weight excluding hydrogens is 622 g/mol. The van der Waals surface area contributed by atoms with Crippen molar-refractivity contribution < 1.29 is 34.1 Å². The van der Waals surface area contributed by atoms with Crippen LogP contribution in [0.25, 0.3) is 0 Å². The van der Waals surface area contributed by atoms with Crippen LogP contribution in [0.4, 0.5) is 5.69 Å². The standard InChI is InChI=1S/C39H55N3O7/c1-39(2,3)41-37(47)33-21-20-27-10-7-8-13-32(27)42(33)24-31-23-34(28-18-16-26(25-43)17-19-28)49-38(48-31)29-11-9-12-30(22-29)40-35(44)14-5-4-6-15-36(45)46/h9,11-12,16-19,22,27,31-34,38,43H,4-8,10,13-15,20-21,23-25H2,1-3H3,(H,40,44)(H,41,47)(H,45,46)/t27-,31-,32-,33-,34+,38+/m1/s1. The molecule has 6 atom stereocenters. The predicted octanol–water partition coefficient (Wildman–Crippen LogP) is 6.64. The molecule has 0 unspecified atom stereocenters. The van der Waals surface area contributed by atoms with Gasteiger partial charge in [0.25, 0.3) is 0 Å². The van der Waals surface area contributed by atoms with E-state index in [4.69, 9.17) is 14.6 Å². The lowest BCUT2D eigenvalue weighted by Gasteiger charge is -2.50. The van der Waals surface area contributed by atoms with Gasteiger partial charge in [-0.2, -0.15) is 0 Å². The highest BCUT2D eigenvalue weighted by Crippen LogP contribution is 2.42. The SMILES string of the molecule is CC(C)(C)NC(=O)[C@H]1CC[C@H]2CCCC[C@H]2N1C[C@H]1C[C@@H](c2ccc(CO)cc2)O[C@@H](c2cccc(NC(=O)CCCCCC(=O)O)c2)O1. The number of fused-ring (bicyclic) bond motifs is 1. The second-order valence-electron chi connectivity index (χ2n) is 15.1. The average molecular weight is 678 g/mol. The first-order valence-corrected chi connectivity index (χ1v) is 18.2. The molecule has 49 heavy (non-hydrogen) atoms. The summed E-state index contributed by atoms with van der Waals surface area (Å²) in [7, 11) is 0. The van der Waals surface area contributed by atoms with Crippen LogP contribution in [0.2, 0.25) is 0 Å². The number of likely N-dealkylation sites (tertiary alicyclic amines) is 1. The maximum Gasteiger partial charge on any atom is 0.303 e. The van der Waals surface area contributed by atoms with E-state index in [1.165, 1.54) is 19.3 Å². The number of carbonyl (C=O) groups excluding carboxylic acids is 2. The molecule has 5 rings (SSSR count). The summed E-state index contributed by atoms with van der Waals surface area (Å²) < 4.78 is 13.4. The fourth-order valence-corrected chi connectivity index (χ4v) is 7.72. The summed E-state index contributed by atoms with van der Waals surface area (Å²) in [4.78, 5) is 39.6. The Morgan fingerprint density at radius 1 is 0.898 bits per heavy atom. The zero-order valence-electron chi connectivity index (χ0n) is 29.4. The third-order valence-corrected chi connectivity index (χ3v) is 10.1. The van der Waals surface area contributed by atoms with E-state index < -0.39 is 12.3 Å². The molecule has 0 spiro atoms. The van der Waals surface area contributed by atoms with E-state index in [2.05, 4.69) is 15.5 Å². The molecule has 2 aromatic rings. The Bertz CT molecular complexity index is 1410. The monoisotopic (exact) mass is 677 g/mol. The third kappa shape index (κ3) is 10.6. The van der Waals surface area contributed by atoms with Gasteiger partial charge < -0.3 is 30.3 Å². The van der Waals surface area contributed by atoms with Gasteiger partial charge in [-0.05, 0) is 88.5 Å². The molecule has 3 aliphatic rings. The van der Waals surface area contributed by atoms with Gasteiger partial charge in [0.1, 0.15) is 0 Å². The van der Waals surface area contributed by atoms with Gasteiger partial charge in [0.2, 0.25) is 11.8 Å². The van der Waals surface area contributed by atoms with Crippen LogP contribution in [0.1, 0.15) is 127 Å². The zero-order valence-corrected chi connectivity index (χ0v) is 29.4. The van der Waals surface area contributed by atoms with E-state index in [1.807, 2.05) is 69.3 Å². The highest BCUT2D eigenvalue weighted by Gasteiger charge is 2.44. The molecule has 10 heteroatoms. The van der Waals surface area contributed by atoms with Gasteiger partial charge in [-0.1, -0.05) is 55.7 Å². The number of carboxylic acid groups (broad SMARTS) is 1. The normalized spacial score (nSPS) is 26.0. The van der Waals surface area contributed by atoms with Gasteiger partial charge in [0.05, 0.1) is 24.9 Å². The van der Waals surface area contributed by atoms with Crippen LogP contribution in [-0.4, -0.2) is 63.2 Å². The highest BCUT2D eigenvalue weighted by atomic mass is 16.7. The average Bonchev–Trinajstić information content (AvgIpc) is 3.07. The molecule has 3 fully saturated rings. The van der Waals surface area contributed by atoms with Crippen molar-refractivity contribution >= 4 is 23.5 Å². The zero-order chi connectivity index (χ0) is 35.0. The van der Waals surface area contributed by atoms with Crippen molar-refractivity contribution in [2.75, 3.05) is 11.9 Å². The van der Waals surface area contributed by atoms with Crippen LogP contribution in [0.5, 0.6) is 0 Å². The van der Waals surface area contributed by atoms with Crippen molar-refractivity contribution in [1.29, 1.82) is 0 Å². The van der Waals surface area contributed by atoms with Gasteiger partial charge in [-0.3, -0.25) is 19.3 Å². The number of carbonyl (C=O) groups is 3. The van der Waals surface area contributed by atoms with Crippen LogP contribution in [0.15, 0.2) is 48.5 Å². The number of carboxylic acids is 1. The molecule has 2 heterocycles. The lowest BCUT2D eigenvalue weighted by atomic mass is 9.75. The molecule has 1 aliphatic carbocycles. The summed E-state index contributed by atoms with van der Waals surface area (Å²) in [5.41, 5.74) is 2.94. The van der Waals surface area contributed by atoms with Gasteiger partial charge in [0.15, 0.2) is 6.29 Å². The van der Waals surface area contributed by atoms with E-state index in [-0.39, 0.29) is 48.6 Å². The first-order valence-electron chi connectivity index (χ1n) is 18.2. The number of benzene rings is 2. The summed E-state index contributed by atoms with van der Waals surface area (Å²) in [5, 5.41) is 24.7. The number of hydrogen-bond acceptors (Lipinski definition) is 7. The lowest BCUT2D eigenvalue weighted by Crippen LogP contribution is -2.61. The Labute approximate surface area is 290 Å². The first-order chi connectivity index (χ1) is 23.5. The van der Waals surface area contributed by atoms with Crippen LogP contribution >= 0.6 is 0 Å². The van der Waals surface area contributed by atoms with E-state index in [0.717, 1.165) is 36.0 Å². The minimum Gasteiger partial charge on any atom is -0.481 e. The maximum absolute atomic E-state index is 13.7. The molecule has 2 aromatic carbocycles. The van der Waals surface area contributed by atoms with Gasteiger partial charge in [-0.15, -0.1) is 0 Å². The predicted molar refractivity (Wildman–Crippen MR) is 188 cm³/mol. The first kappa shape index (κ1) is 37.0. The minimum absolute atomic E-state index is 0.0312. The Kier molecular flexibility index (Phi) is 12.9. The van der Waals surface area contributed by atoms with Crippen LogP contribution in [0.3, 0.4) is 0 Å². The Balaban J connectivity index is 1.35. The molecule has 268 valence electrons. The largest absolute Gasteiger partial charge is 0.481 e. The van der Waals surface area contributed by atoms with Crippen LogP contribution in [0, 0.1) is 5.92 Å². The number of rotatable bonds is 13. The summed E-state index contributed by atoms with van der Waals surface area (Å²) >= 11 is 0. The van der Waals surface area contributed by atoms with Gasteiger partial charge >= 0.3 is 5.97 Å². The second kappa shape index (κ2) is 17.1. The Morgan fingerprint density at radius 3 is 2.39 bits per heavy atom. The fraction of sp³-hybridized carbons (Fsp3) is 0.615. The number of unbranched alkanes of at least 4 members (excludes halogenated alkanes) is 2. The van der Waals surface area contributed by atoms with E-state index in [1.54, 1.807) is 0 Å². The highest BCUT2D eigenvalue weighted by molar-refractivity contribution is 5.90. The maximum atomic E-state index is 13.7. The molecular formula is C39H55N3O7. The number of hydrogen-bond donors (Lipinski definition) is 4. The lowest BCUT2D eigenvalue weighted by molar-refractivity contribution is -0.255. The summed E-state index contributed by atoms with van der Waals surface area (Å²) in [6.45, 7) is 6.67. The molecule has 1 saturated carbocycles. The summed E-state index contributed by atoms with van der Waals surface area (Å²) in [5.74, 6) is -0.270. The molecule has 0 bridgehead atoms. The third-order valence-electron chi connectivity index (χ3n) is 10.1. The number of nitrogens with zero attached hydrogens (tertiary/aromatic N) is 1. The topological polar surface area (TPSA) is 137 Å². The Morgan fingerprint density at radius 2 is 1.65 bits per heavy atom. The second-order valence-corrected chi connectivity index (χ2v) is 15.1. The van der Waals surface area contributed by atoms with Crippen LogP contribution < -0.4 is 10.6 Å².